The fourth-order valence-corrected chi connectivity index (χ4v) is 0.499. The third-order valence-electron chi connectivity index (χ3n) is 1.08. The molecule has 47 valence electrons. The minimum atomic E-state index is 0. The summed E-state index contributed by atoms with van der Waals surface area (Å²) in [6, 6.07) is 0. The van der Waals surface area contributed by atoms with Gasteiger partial charge in [0, 0.05) is 38.6 Å². The van der Waals surface area contributed by atoms with Crippen molar-refractivity contribution < 1.29 is 32.7 Å². The maximum absolute atomic E-state index is 3.75. The Morgan fingerprint density at radius 1 is 1.33 bits per heavy atom. The second kappa shape index (κ2) is 6.44. The van der Waals surface area contributed by atoms with E-state index in [1.807, 2.05) is 19.1 Å². The molecule has 0 bridgehead atoms. The van der Waals surface area contributed by atoms with Crippen molar-refractivity contribution in [3.8, 4) is 0 Å². The summed E-state index contributed by atoms with van der Waals surface area (Å²) in [6.07, 6.45) is 3.66. The van der Waals surface area contributed by atoms with E-state index in [4.69, 9.17) is 0 Å². The van der Waals surface area contributed by atoms with Gasteiger partial charge in [-0.05, 0) is 6.92 Å². The zero-order valence-electron chi connectivity index (χ0n) is 5.93. The van der Waals surface area contributed by atoms with Crippen molar-refractivity contribution in [3.05, 3.63) is 37.5 Å². The van der Waals surface area contributed by atoms with Crippen LogP contribution >= 0.6 is 0 Å². The molecule has 0 rings (SSSR count). The van der Waals surface area contributed by atoms with Crippen molar-refractivity contribution in [2.45, 2.75) is 6.92 Å². The molecular formula is C8H12Y. The summed E-state index contributed by atoms with van der Waals surface area (Å²) in [6.45, 7) is 13.0. The average molecular weight is 197 g/mol. The molecule has 0 N–H and O–H groups in total. The average Bonchev–Trinajstić information content (AvgIpc) is 1.69. The summed E-state index contributed by atoms with van der Waals surface area (Å²) in [5.41, 5.74) is 1.09. The second-order valence-electron chi connectivity index (χ2n) is 1.84. The SMILES string of the molecule is C=CC(C=C)C(=C)C.[Y]. The fraction of sp³-hybridized carbons (Fsp3) is 0.250. The minimum Gasteiger partial charge on any atom is -0.102 e. The van der Waals surface area contributed by atoms with Gasteiger partial charge in [0.25, 0.3) is 0 Å². The van der Waals surface area contributed by atoms with Gasteiger partial charge in [-0.15, -0.1) is 13.2 Å². The van der Waals surface area contributed by atoms with Gasteiger partial charge in [-0.3, -0.25) is 0 Å². The number of hydrogen-bond acceptors (Lipinski definition) is 0. The summed E-state index contributed by atoms with van der Waals surface area (Å²) >= 11 is 0. The van der Waals surface area contributed by atoms with Crippen molar-refractivity contribution >= 4 is 0 Å². The van der Waals surface area contributed by atoms with Crippen LogP contribution in [0.4, 0.5) is 0 Å². The standard InChI is InChI=1S/C8H12.Y/c1-5-8(6-2)7(3)4;/h5-6,8H,1-3H2,4H3;. The Bertz CT molecular complexity index is 106. The molecule has 0 amide bonds. The maximum Gasteiger partial charge on any atom is 0.0146 e. The predicted molar refractivity (Wildman–Crippen MR) is 38.7 cm³/mol. The molecule has 0 unspecified atom stereocenters. The molecule has 0 aromatic heterocycles. The number of hydrogen-bond donors (Lipinski definition) is 0. The third-order valence-corrected chi connectivity index (χ3v) is 1.08. The summed E-state index contributed by atoms with van der Waals surface area (Å²) in [4.78, 5) is 0. The Labute approximate surface area is 82.6 Å². The topological polar surface area (TPSA) is 0 Å². The first kappa shape index (κ1) is 12.0. The second-order valence-corrected chi connectivity index (χ2v) is 1.84. The molecule has 0 fully saturated rings. The number of allylic oxidation sites excluding steroid dienone is 3. The van der Waals surface area contributed by atoms with Crippen molar-refractivity contribution in [3.63, 3.8) is 0 Å². The van der Waals surface area contributed by atoms with Gasteiger partial charge in [-0.1, -0.05) is 24.3 Å². The van der Waals surface area contributed by atoms with E-state index in [1.54, 1.807) is 0 Å². The molecule has 1 radical (unpaired) electrons. The molecule has 0 heterocycles. The Kier molecular flexibility index (Phi) is 8.62. The molecule has 0 spiro atoms. The van der Waals surface area contributed by atoms with E-state index in [2.05, 4.69) is 19.7 Å². The molecule has 0 nitrogen and oxygen atoms in total. The smallest absolute Gasteiger partial charge is 0.0146 e. The molecule has 9 heavy (non-hydrogen) atoms. The molecule has 0 saturated carbocycles. The van der Waals surface area contributed by atoms with Crippen LogP contribution in [0, 0.1) is 5.92 Å². The van der Waals surface area contributed by atoms with Crippen molar-refractivity contribution in [1.29, 1.82) is 0 Å². The first-order valence-corrected chi connectivity index (χ1v) is 2.63. The summed E-state index contributed by atoms with van der Waals surface area (Å²) in [5.74, 6) is 0.287. The Morgan fingerprint density at radius 3 is 1.67 bits per heavy atom. The monoisotopic (exact) mass is 197 g/mol. The Hall–Kier alpha value is 0.324. The molecular weight excluding hydrogens is 185 g/mol. The van der Waals surface area contributed by atoms with Gasteiger partial charge in [0.05, 0.1) is 0 Å². The fourth-order valence-electron chi connectivity index (χ4n) is 0.499. The van der Waals surface area contributed by atoms with Crippen LogP contribution < -0.4 is 0 Å². The van der Waals surface area contributed by atoms with E-state index in [1.165, 1.54) is 0 Å². The summed E-state index contributed by atoms with van der Waals surface area (Å²) < 4.78 is 0. The van der Waals surface area contributed by atoms with E-state index in [0.29, 0.717) is 0 Å². The largest absolute Gasteiger partial charge is 0.102 e. The van der Waals surface area contributed by atoms with Crippen molar-refractivity contribution in [2.75, 3.05) is 0 Å². The molecule has 0 aliphatic heterocycles. The van der Waals surface area contributed by atoms with Crippen LogP contribution in [-0.4, -0.2) is 0 Å². The Balaban J connectivity index is 0. The first-order valence-electron chi connectivity index (χ1n) is 2.63. The normalized spacial score (nSPS) is 7.78. The summed E-state index contributed by atoms with van der Waals surface area (Å²) in [7, 11) is 0. The van der Waals surface area contributed by atoms with E-state index in [0.717, 1.165) is 5.57 Å². The zero-order chi connectivity index (χ0) is 6.57. The van der Waals surface area contributed by atoms with Crippen LogP contribution in [0.3, 0.4) is 0 Å². The van der Waals surface area contributed by atoms with Crippen LogP contribution in [-0.2, 0) is 32.7 Å². The van der Waals surface area contributed by atoms with Gasteiger partial charge in [-0.25, -0.2) is 0 Å². The van der Waals surface area contributed by atoms with Gasteiger partial charge < -0.3 is 0 Å². The minimum absolute atomic E-state index is 0. The van der Waals surface area contributed by atoms with Crippen LogP contribution in [0.1, 0.15) is 6.92 Å². The molecule has 0 aromatic rings. The van der Waals surface area contributed by atoms with Gasteiger partial charge in [-0.2, -0.15) is 0 Å². The number of rotatable bonds is 3. The molecule has 0 saturated heterocycles. The summed E-state index contributed by atoms with van der Waals surface area (Å²) in [5, 5.41) is 0. The van der Waals surface area contributed by atoms with E-state index < -0.39 is 0 Å². The third kappa shape index (κ3) is 4.80. The molecule has 0 aromatic carbocycles. The molecule has 1 heteroatoms. The van der Waals surface area contributed by atoms with Crippen LogP contribution in [0.15, 0.2) is 37.5 Å². The molecule has 0 aliphatic rings. The zero-order valence-corrected chi connectivity index (χ0v) is 8.77. The predicted octanol–water partition coefficient (Wildman–Crippen LogP) is 2.55. The van der Waals surface area contributed by atoms with Crippen LogP contribution in [0.5, 0.6) is 0 Å². The molecule has 0 aliphatic carbocycles. The van der Waals surface area contributed by atoms with E-state index in [9.17, 15) is 0 Å². The first-order chi connectivity index (χ1) is 3.72. The van der Waals surface area contributed by atoms with Gasteiger partial charge in [0.15, 0.2) is 0 Å². The van der Waals surface area contributed by atoms with Crippen LogP contribution in [0.25, 0.3) is 0 Å². The van der Waals surface area contributed by atoms with Crippen molar-refractivity contribution in [2.24, 2.45) is 5.92 Å². The van der Waals surface area contributed by atoms with Crippen LogP contribution in [0.2, 0.25) is 0 Å². The Morgan fingerprint density at radius 2 is 1.67 bits per heavy atom. The van der Waals surface area contributed by atoms with E-state index >= 15 is 0 Å². The van der Waals surface area contributed by atoms with E-state index in [-0.39, 0.29) is 38.6 Å². The molecule has 0 atom stereocenters. The van der Waals surface area contributed by atoms with Gasteiger partial charge in [0.2, 0.25) is 0 Å². The quantitative estimate of drug-likeness (QED) is 0.610. The van der Waals surface area contributed by atoms with Gasteiger partial charge in [0.1, 0.15) is 0 Å². The maximum atomic E-state index is 3.75. The van der Waals surface area contributed by atoms with Gasteiger partial charge >= 0.3 is 0 Å². The van der Waals surface area contributed by atoms with Crippen molar-refractivity contribution in [1.82, 2.24) is 0 Å².